The Balaban J connectivity index is 1.64. The monoisotopic (exact) mass is 421 g/mol. The van der Waals surface area contributed by atoms with Gasteiger partial charge in [-0.3, -0.25) is 14.4 Å². The van der Waals surface area contributed by atoms with Crippen LogP contribution in [0.2, 0.25) is 5.02 Å². The van der Waals surface area contributed by atoms with Gasteiger partial charge in [-0.05, 0) is 67.6 Å². The van der Waals surface area contributed by atoms with Gasteiger partial charge in [-0.25, -0.2) is 4.79 Å². The quantitative estimate of drug-likeness (QED) is 0.674. The Bertz CT molecular complexity index is 1220. The number of aromatic nitrogens is 2. The van der Waals surface area contributed by atoms with E-state index >= 15 is 0 Å². The van der Waals surface area contributed by atoms with Crippen molar-refractivity contribution in [2.75, 3.05) is 4.90 Å². The number of amides is 1. The predicted molar refractivity (Wildman–Crippen MR) is 114 cm³/mol. The molecule has 0 saturated heterocycles. The molecule has 2 aromatic carbocycles. The number of nitrogens with zero attached hydrogens (tertiary/aromatic N) is 3. The van der Waals surface area contributed by atoms with Gasteiger partial charge in [-0.2, -0.15) is 5.10 Å². The van der Waals surface area contributed by atoms with Gasteiger partial charge in [-0.1, -0.05) is 23.7 Å². The molecule has 1 aliphatic heterocycles. The molecule has 1 amide bonds. The van der Waals surface area contributed by atoms with Gasteiger partial charge in [0.1, 0.15) is 0 Å². The zero-order valence-electron chi connectivity index (χ0n) is 16.6. The van der Waals surface area contributed by atoms with Gasteiger partial charge in [0, 0.05) is 17.3 Å². The highest BCUT2D eigenvalue weighted by atomic mass is 35.5. The van der Waals surface area contributed by atoms with E-state index in [0.29, 0.717) is 23.6 Å². The average Bonchev–Trinajstić information content (AvgIpc) is 3.37. The van der Waals surface area contributed by atoms with Crippen LogP contribution in [-0.4, -0.2) is 26.8 Å². The normalized spacial score (nSPS) is 19.6. The Labute approximate surface area is 178 Å². The van der Waals surface area contributed by atoms with E-state index in [1.54, 1.807) is 23.2 Å². The van der Waals surface area contributed by atoms with Crippen LogP contribution in [0.25, 0.3) is 0 Å². The first-order valence-electron chi connectivity index (χ1n) is 9.84. The molecule has 1 unspecified atom stereocenters. The summed E-state index contributed by atoms with van der Waals surface area (Å²) in [6.45, 7) is 4.06. The number of rotatable bonds is 3. The Hall–Kier alpha value is -3.12. The van der Waals surface area contributed by atoms with E-state index in [1.165, 1.54) is 0 Å². The molecule has 2 heterocycles. The molecule has 1 N–H and O–H groups in total. The van der Waals surface area contributed by atoms with Gasteiger partial charge >= 0.3 is 5.97 Å². The van der Waals surface area contributed by atoms with Crippen molar-refractivity contribution < 1.29 is 14.7 Å². The van der Waals surface area contributed by atoms with Gasteiger partial charge in [0.15, 0.2) is 0 Å². The van der Waals surface area contributed by atoms with E-state index in [0.717, 1.165) is 22.4 Å². The first-order chi connectivity index (χ1) is 14.3. The minimum absolute atomic E-state index is 0.0313. The first kappa shape index (κ1) is 18.9. The molecule has 2 aliphatic rings. The van der Waals surface area contributed by atoms with Crippen LogP contribution in [0.5, 0.6) is 0 Å². The molecule has 3 aromatic rings. The summed E-state index contributed by atoms with van der Waals surface area (Å²) < 4.78 is 1.82. The Morgan fingerprint density at radius 2 is 1.93 bits per heavy atom. The van der Waals surface area contributed by atoms with E-state index in [-0.39, 0.29) is 17.5 Å². The van der Waals surface area contributed by atoms with Gasteiger partial charge in [0.05, 0.1) is 28.6 Å². The van der Waals surface area contributed by atoms with Crippen LogP contribution in [0.15, 0.2) is 48.8 Å². The smallest absolute Gasteiger partial charge is 0.335 e. The molecule has 7 heteroatoms. The Morgan fingerprint density at radius 1 is 1.17 bits per heavy atom. The Kier molecular flexibility index (Phi) is 4.05. The summed E-state index contributed by atoms with van der Waals surface area (Å²) in [4.78, 5) is 27.0. The maximum Gasteiger partial charge on any atom is 0.335 e. The molecule has 0 saturated carbocycles. The SMILES string of the molecule is CC(C)n1cc(N2C(=O)C3(Cc4ccc(C(=O)O)cc4C3)c3ccc(Cl)cc32)cn1. The molecular weight excluding hydrogens is 402 g/mol. The Morgan fingerprint density at radius 3 is 2.63 bits per heavy atom. The van der Waals surface area contributed by atoms with Crippen LogP contribution in [-0.2, 0) is 23.1 Å². The predicted octanol–water partition coefficient (Wildman–Crippen LogP) is 4.53. The summed E-state index contributed by atoms with van der Waals surface area (Å²) in [6.07, 6.45) is 4.57. The number of fused-ring (bicyclic) bond motifs is 3. The van der Waals surface area contributed by atoms with Crippen LogP contribution in [0, 0.1) is 0 Å². The van der Waals surface area contributed by atoms with E-state index in [2.05, 4.69) is 5.10 Å². The number of hydrogen-bond acceptors (Lipinski definition) is 3. The summed E-state index contributed by atoms with van der Waals surface area (Å²) in [5.74, 6) is -0.998. The molecule has 6 nitrogen and oxygen atoms in total. The molecule has 1 aliphatic carbocycles. The zero-order chi connectivity index (χ0) is 21.2. The lowest BCUT2D eigenvalue weighted by molar-refractivity contribution is -0.122. The number of aromatic carboxylic acids is 1. The van der Waals surface area contributed by atoms with E-state index in [1.807, 2.05) is 49.0 Å². The van der Waals surface area contributed by atoms with Crippen molar-refractivity contribution in [2.24, 2.45) is 0 Å². The minimum Gasteiger partial charge on any atom is -0.478 e. The summed E-state index contributed by atoms with van der Waals surface area (Å²) in [5.41, 5.74) is 3.78. The van der Waals surface area contributed by atoms with Crippen LogP contribution < -0.4 is 4.90 Å². The van der Waals surface area contributed by atoms with E-state index in [4.69, 9.17) is 11.6 Å². The molecule has 1 aromatic heterocycles. The standard InChI is InChI=1S/C23H20ClN3O3/c1-13(2)26-12-18(11-25-26)27-20-8-17(24)5-6-19(20)23(22(27)30)9-15-4-3-14(21(28)29)7-16(15)10-23/h3-8,11-13H,9-10H2,1-2H3,(H,28,29). The summed E-state index contributed by atoms with van der Waals surface area (Å²) in [5, 5.41) is 14.3. The third-order valence-corrected chi connectivity index (χ3v) is 6.38. The molecular formula is C23H20ClN3O3. The minimum atomic E-state index is -0.966. The summed E-state index contributed by atoms with van der Waals surface area (Å²) >= 11 is 6.30. The molecule has 152 valence electrons. The first-order valence-corrected chi connectivity index (χ1v) is 10.2. The number of halogens is 1. The number of hydrogen-bond donors (Lipinski definition) is 1. The number of anilines is 2. The topological polar surface area (TPSA) is 75.4 Å². The number of benzene rings is 2. The van der Waals surface area contributed by atoms with Crippen molar-refractivity contribution >= 4 is 34.9 Å². The lowest BCUT2D eigenvalue weighted by Gasteiger charge is -2.23. The molecule has 0 radical (unpaired) electrons. The van der Waals surface area contributed by atoms with Crippen LogP contribution in [0.3, 0.4) is 0 Å². The molecule has 0 fully saturated rings. The van der Waals surface area contributed by atoms with Crippen LogP contribution >= 0.6 is 11.6 Å². The third-order valence-electron chi connectivity index (χ3n) is 6.14. The van der Waals surface area contributed by atoms with Crippen LogP contribution in [0.1, 0.15) is 46.9 Å². The third kappa shape index (κ3) is 2.60. The van der Waals surface area contributed by atoms with Gasteiger partial charge in [-0.15, -0.1) is 0 Å². The largest absolute Gasteiger partial charge is 0.478 e. The maximum absolute atomic E-state index is 13.9. The van der Waals surface area contributed by atoms with Gasteiger partial charge in [0.2, 0.25) is 5.91 Å². The zero-order valence-corrected chi connectivity index (χ0v) is 17.3. The lowest BCUT2D eigenvalue weighted by atomic mass is 9.79. The highest BCUT2D eigenvalue weighted by molar-refractivity contribution is 6.31. The second-order valence-corrected chi connectivity index (χ2v) is 8.74. The summed E-state index contributed by atoms with van der Waals surface area (Å²) in [6, 6.07) is 10.8. The number of carboxylic acid groups (broad SMARTS) is 1. The van der Waals surface area contributed by atoms with E-state index in [9.17, 15) is 14.7 Å². The molecule has 30 heavy (non-hydrogen) atoms. The van der Waals surface area contributed by atoms with Gasteiger partial charge in [0.25, 0.3) is 0 Å². The highest BCUT2D eigenvalue weighted by Gasteiger charge is 2.54. The molecule has 0 bridgehead atoms. The molecule has 1 spiro atoms. The summed E-state index contributed by atoms with van der Waals surface area (Å²) in [7, 11) is 0. The number of carboxylic acids is 1. The molecule has 5 rings (SSSR count). The fourth-order valence-corrected chi connectivity index (χ4v) is 4.83. The second kappa shape index (κ2) is 6.44. The van der Waals surface area contributed by atoms with Crippen molar-refractivity contribution in [3.8, 4) is 0 Å². The van der Waals surface area contributed by atoms with Crippen molar-refractivity contribution in [1.29, 1.82) is 0 Å². The van der Waals surface area contributed by atoms with Crippen molar-refractivity contribution in [1.82, 2.24) is 9.78 Å². The van der Waals surface area contributed by atoms with E-state index < -0.39 is 11.4 Å². The van der Waals surface area contributed by atoms with Crippen molar-refractivity contribution in [3.05, 3.63) is 76.1 Å². The highest BCUT2D eigenvalue weighted by Crippen LogP contribution is 2.52. The fourth-order valence-electron chi connectivity index (χ4n) is 4.67. The number of carbonyl (C=O) groups is 2. The van der Waals surface area contributed by atoms with Crippen molar-refractivity contribution in [2.45, 2.75) is 38.1 Å². The average molecular weight is 422 g/mol. The van der Waals surface area contributed by atoms with Crippen molar-refractivity contribution in [3.63, 3.8) is 0 Å². The maximum atomic E-state index is 13.9. The second-order valence-electron chi connectivity index (χ2n) is 8.30. The number of carbonyl (C=O) groups excluding carboxylic acids is 1. The lowest BCUT2D eigenvalue weighted by Crippen LogP contribution is -2.39. The van der Waals surface area contributed by atoms with Gasteiger partial charge < -0.3 is 5.11 Å². The van der Waals surface area contributed by atoms with Crippen LogP contribution in [0.4, 0.5) is 11.4 Å². The fraction of sp³-hybridized carbons (Fsp3) is 0.261. The molecule has 1 atom stereocenters.